The summed E-state index contributed by atoms with van der Waals surface area (Å²) in [6.45, 7) is 3.18. The standard InChI is InChI=1S/C19H20O4/c1-4-17(14-9-15(20-2)12-16(10-14)21-3)13-5-6-18-19(11-13)23-8-7-22-18/h4-6,9-12H,7-8H2,1-3H3/b17-4+. The van der Waals surface area contributed by atoms with E-state index in [1.54, 1.807) is 14.2 Å². The molecule has 4 heteroatoms. The number of benzene rings is 2. The van der Waals surface area contributed by atoms with Crippen LogP contribution < -0.4 is 18.9 Å². The number of hydrogen-bond donors (Lipinski definition) is 0. The molecular weight excluding hydrogens is 292 g/mol. The molecule has 1 aliphatic rings. The highest BCUT2D eigenvalue weighted by Crippen LogP contribution is 2.36. The summed E-state index contributed by atoms with van der Waals surface area (Å²) < 4.78 is 22.0. The van der Waals surface area contributed by atoms with Crippen LogP contribution in [0.15, 0.2) is 42.5 Å². The van der Waals surface area contributed by atoms with Gasteiger partial charge < -0.3 is 18.9 Å². The monoisotopic (exact) mass is 312 g/mol. The number of methoxy groups -OCH3 is 2. The molecule has 1 aliphatic heterocycles. The lowest BCUT2D eigenvalue weighted by Gasteiger charge is -2.20. The summed E-state index contributed by atoms with van der Waals surface area (Å²) in [4.78, 5) is 0. The van der Waals surface area contributed by atoms with Crippen LogP contribution in [-0.2, 0) is 0 Å². The molecule has 120 valence electrons. The maximum absolute atomic E-state index is 5.68. The molecule has 0 aliphatic carbocycles. The van der Waals surface area contributed by atoms with E-state index < -0.39 is 0 Å². The molecule has 0 saturated heterocycles. The van der Waals surface area contributed by atoms with Crippen molar-refractivity contribution in [2.75, 3.05) is 27.4 Å². The first-order chi connectivity index (χ1) is 11.2. The molecule has 0 spiro atoms. The molecule has 0 radical (unpaired) electrons. The molecule has 0 saturated carbocycles. The smallest absolute Gasteiger partial charge is 0.161 e. The van der Waals surface area contributed by atoms with E-state index in [9.17, 15) is 0 Å². The lowest BCUT2D eigenvalue weighted by Crippen LogP contribution is -2.15. The Labute approximate surface area is 136 Å². The Morgan fingerprint density at radius 3 is 2.13 bits per heavy atom. The molecule has 0 fully saturated rings. The summed E-state index contributed by atoms with van der Waals surface area (Å²) in [5.74, 6) is 3.09. The highest BCUT2D eigenvalue weighted by molar-refractivity contribution is 5.82. The molecule has 1 heterocycles. The van der Waals surface area contributed by atoms with E-state index in [0.29, 0.717) is 13.2 Å². The zero-order valence-corrected chi connectivity index (χ0v) is 13.6. The van der Waals surface area contributed by atoms with Crippen molar-refractivity contribution in [1.82, 2.24) is 0 Å². The zero-order valence-electron chi connectivity index (χ0n) is 13.6. The van der Waals surface area contributed by atoms with Gasteiger partial charge in [-0.2, -0.15) is 0 Å². The average Bonchev–Trinajstić information content (AvgIpc) is 2.62. The van der Waals surface area contributed by atoms with E-state index in [4.69, 9.17) is 18.9 Å². The zero-order chi connectivity index (χ0) is 16.2. The SMILES string of the molecule is C/C=C(/c1cc(OC)cc(OC)c1)c1ccc2c(c1)OCCO2. The van der Waals surface area contributed by atoms with Gasteiger partial charge in [-0.25, -0.2) is 0 Å². The molecule has 0 atom stereocenters. The number of fused-ring (bicyclic) bond motifs is 1. The molecule has 23 heavy (non-hydrogen) atoms. The van der Waals surface area contributed by atoms with Gasteiger partial charge in [-0.1, -0.05) is 12.1 Å². The minimum atomic E-state index is 0.578. The molecule has 0 bridgehead atoms. The topological polar surface area (TPSA) is 36.9 Å². The van der Waals surface area contributed by atoms with Crippen LogP contribution in [0, 0.1) is 0 Å². The summed E-state index contributed by atoms with van der Waals surface area (Å²) in [7, 11) is 3.30. The van der Waals surface area contributed by atoms with Crippen LogP contribution in [-0.4, -0.2) is 27.4 Å². The van der Waals surface area contributed by atoms with Gasteiger partial charge in [-0.15, -0.1) is 0 Å². The van der Waals surface area contributed by atoms with Crippen molar-refractivity contribution in [3.8, 4) is 23.0 Å². The fourth-order valence-electron chi connectivity index (χ4n) is 2.67. The minimum Gasteiger partial charge on any atom is -0.497 e. The van der Waals surface area contributed by atoms with Crippen LogP contribution in [0.1, 0.15) is 18.1 Å². The molecular formula is C19H20O4. The van der Waals surface area contributed by atoms with Crippen molar-refractivity contribution < 1.29 is 18.9 Å². The predicted molar refractivity (Wildman–Crippen MR) is 89.7 cm³/mol. The third-order valence-electron chi connectivity index (χ3n) is 3.80. The van der Waals surface area contributed by atoms with Gasteiger partial charge in [-0.05, 0) is 47.9 Å². The van der Waals surface area contributed by atoms with Crippen LogP contribution in [0.5, 0.6) is 23.0 Å². The molecule has 4 nitrogen and oxygen atoms in total. The fourth-order valence-corrected chi connectivity index (χ4v) is 2.67. The van der Waals surface area contributed by atoms with Crippen LogP contribution in [0.25, 0.3) is 5.57 Å². The first-order valence-electron chi connectivity index (χ1n) is 7.55. The molecule has 0 amide bonds. The highest BCUT2D eigenvalue weighted by atomic mass is 16.6. The van der Waals surface area contributed by atoms with Crippen molar-refractivity contribution in [2.24, 2.45) is 0 Å². The highest BCUT2D eigenvalue weighted by Gasteiger charge is 2.15. The first kappa shape index (κ1) is 15.3. The Morgan fingerprint density at radius 2 is 1.52 bits per heavy atom. The van der Waals surface area contributed by atoms with E-state index in [2.05, 4.69) is 6.08 Å². The van der Waals surface area contributed by atoms with E-state index in [0.717, 1.165) is 39.7 Å². The average molecular weight is 312 g/mol. The van der Waals surface area contributed by atoms with Gasteiger partial charge in [0.25, 0.3) is 0 Å². The van der Waals surface area contributed by atoms with Crippen LogP contribution in [0.3, 0.4) is 0 Å². The third-order valence-corrected chi connectivity index (χ3v) is 3.80. The summed E-state index contributed by atoms with van der Waals surface area (Å²) in [5, 5.41) is 0. The predicted octanol–water partition coefficient (Wildman–Crippen LogP) is 3.93. The third kappa shape index (κ3) is 3.11. The second-order valence-corrected chi connectivity index (χ2v) is 5.16. The second-order valence-electron chi connectivity index (χ2n) is 5.16. The number of ether oxygens (including phenoxy) is 4. The van der Waals surface area contributed by atoms with Crippen molar-refractivity contribution in [3.63, 3.8) is 0 Å². The van der Waals surface area contributed by atoms with Gasteiger partial charge in [0.2, 0.25) is 0 Å². The molecule has 2 aromatic carbocycles. The van der Waals surface area contributed by atoms with Crippen molar-refractivity contribution >= 4 is 5.57 Å². The quantitative estimate of drug-likeness (QED) is 0.857. The van der Waals surface area contributed by atoms with E-state index >= 15 is 0 Å². The second kappa shape index (κ2) is 6.65. The van der Waals surface area contributed by atoms with Gasteiger partial charge in [0.15, 0.2) is 11.5 Å². The van der Waals surface area contributed by atoms with E-state index in [1.807, 2.05) is 43.3 Å². The molecule has 0 aromatic heterocycles. The number of rotatable bonds is 4. The van der Waals surface area contributed by atoms with Gasteiger partial charge in [-0.3, -0.25) is 0 Å². The van der Waals surface area contributed by atoms with Gasteiger partial charge in [0.05, 0.1) is 14.2 Å². The Hall–Kier alpha value is -2.62. The van der Waals surface area contributed by atoms with Crippen molar-refractivity contribution in [3.05, 3.63) is 53.6 Å². The van der Waals surface area contributed by atoms with Gasteiger partial charge in [0.1, 0.15) is 24.7 Å². The lowest BCUT2D eigenvalue weighted by atomic mass is 9.97. The van der Waals surface area contributed by atoms with Gasteiger partial charge in [0, 0.05) is 6.07 Å². The van der Waals surface area contributed by atoms with Crippen molar-refractivity contribution in [1.29, 1.82) is 0 Å². The van der Waals surface area contributed by atoms with Crippen LogP contribution in [0.4, 0.5) is 0 Å². The molecule has 2 aromatic rings. The van der Waals surface area contributed by atoms with Crippen molar-refractivity contribution in [2.45, 2.75) is 6.92 Å². The molecule has 3 rings (SSSR count). The fraction of sp³-hybridized carbons (Fsp3) is 0.263. The van der Waals surface area contributed by atoms with E-state index in [-0.39, 0.29) is 0 Å². The Kier molecular flexibility index (Phi) is 4.42. The summed E-state index contributed by atoms with van der Waals surface area (Å²) in [6.07, 6.45) is 2.07. The first-order valence-corrected chi connectivity index (χ1v) is 7.55. The van der Waals surface area contributed by atoms with Gasteiger partial charge >= 0.3 is 0 Å². The summed E-state index contributed by atoms with van der Waals surface area (Å²) >= 11 is 0. The maximum Gasteiger partial charge on any atom is 0.161 e. The normalized spacial score (nSPS) is 13.6. The summed E-state index contributed by atoms with van der Waals surface area (Å²) in [5.41, 5.74) is 3.17. The minimum absolute atomic E-state index is 0.578. The van der Waals surface area contributed by atoms with Crippen LogP contribution in [0.2, 0.25) is 0 Å². The maximum atomic E-state index is 5.68. The molecule has 0 unspecified atom stereocenters. The van der Waals surface area contributed by atoms with E-state index in [1.165, 1.54) is 0 Å². The Bertz CT molecular complexity index is 712. The number of allylic oxidation sites excluding steroid dienone is 1. The largest absolute Gasteiger partial charge is 0.497 e. The van der Waals surface area contributed by atoms with Crippen LogP contribution >= 0.6 is 0 Å². The number of hydrogen-bond acceptors (Lipinski definition) is 4. The molecule has 0 N–H and O–H groups in total. The Morgan fingerprint density at radius 1 is 0.870 bits per heavy atom. The summed E-state index contributed by atoms with van der Waals surface area (Å²) in [6, 6.07) is 11.8. The Balaban J connectivity index is 2.03. The lowest BCUT2D eigenvalue weighted by molar-refractivity contribution is 0.171.